The summed E-state index contributed by atoms with van der Waals surface area (Å²) in [5, 5.41) is 7.91. The van der Waals surface area contributed by atoms with Gasteiger partial charge in [0.05, 0.1) is 12.3 Å². The summed E-state index contributed by atoms with van der Waals surface area (Å²) in [6, 6.07) is 18.1. The molecule has 0 radical (unpaired) electrons. The maximum atomic E-state index is 3.95. The SMILES string of the molecule is CN1CC[C@]23c4ccccc4N[C@@H]1[C@@]21CCN(C)[C@@H]3Nc2ccccc21. The summed E-state index contributed by atoms with van der Waals surface area (Å²) in [5.41, 5.74) is 5.86. The first-order chi connectivity index (χ1) is 12.7. The summed E-state index contributed by atoms with van der Waals surface area (Å²) in [6.07, 6.45) is 3.06. The molecule has 4 heterocycles. The van der Waals surface area contributed by atoms with Crippen molar-refractivity contribution < 1.29 is 0 Å². The van der Waals surface area contributed by atoms with Crippen LogP contribution in [0.15, 0.2) is 48.5 Å². The molecule has 2 aromatic carbocycles. The van der Waals surface area contributed by atoms with Crippen LogP contribution in [-0.4, -0.2) is 49.3 Å². The van der Waals surface area contributed by atoms with Crippen molar-refractivity contribution >= 4 is 11.4 Å². The second-order valence-corrected chi connectivity index (χ2v) is 8.59. The smallest absolute Gasteiger partial charge is 0.0901 e. The number of piperidine rings is 2. The Hall–Kier alpha value is -2.04. The molecule has 0 aromatic heterocycles. The Kier molecular flexibility index (Phi) is 2.79. The number of rotatable bonds is 0. The van der Waals surface area contributed by atoms with Gasteiger partial charge in [0.2, 0.25) is 0 Å². The molecule has 2 N–H and O–H groups in total. The van der Waals surface area contributed by atoms with Gasteiger partial charge in [0.25, 0.3) is 0 Å². The largest absolute Gasteiger partial charge is 0.369 e. The average molecular weight is 346 g/mol. The van der Waals surface area contributed by atoms with E-state index in [-0.39, 0.29) is 10.8 Å². The molecule has 4 atom stereocenters. The molecule has 4 nitrogen and oxygen atoms in total. The van der Waals surface area contributed by atoms with E-state index in [9.17, 15) is 0 Å². The lowest BCUT2D eigenvalue weighted by atomic mass is 9.45. The molecule has 2 saturated heterocycles. The molecule has 4 heteroatoms. The van der Waals surface area contributed by atoms with Gasteiger partial charge in [-0.2, -0.15) is 0 Å². The van der Waals surface area contributed by atoms with Gasteiger partial charge in [-0.25, -0.2) is 0 Å². The van der Waals surface area contributed by atoms with Gasteiger partial charge in [0, 0.05) is 35.3 Å². The maximum Gasteiger partial charge on any atom is 0.0901 e. The monoisotopic (exact) mass is 346 g/mol. The number of hydrogen-bond acceptors (Lipinski definition) is 4. The number of nitrogens with zero attached hydrogens (tertiary/aromatic N) is 2. The Bertz CT molecular complexity index is 822. The predicted molar refractivity (Wildman–Crippen MR) is 106 cm³/mol. The molecule has 26 heavy (non-hydrogen) atoms. The van der Waals surface area contributed by atoms with Gasteiger partial charge >= 0.3 is 0 Å². The summed E-state index contributed by atoms with van der Waals surface area (Å²) in [4.78, 5) is 5.11. The van der Waals surface area contributed by atoms with Crippen LogP contribution in [0.4, 0.5) is 11.4 Å². The van der Waals surface area contributed by atoms with Crippen LogP contribution in [0.2, 0.25) is 0 Å². The van der Waals surface area contributed by atoms with E-state index in [1.165, 1.54) is 35.3 Å². The van der Waals surface area contributed by atoms with Gasteiger partial charge in [-0.1, -0.05) is 36.4 Å². The Morgan fingerprint density at radius 1 is 0.731 bits per heavy atom. The fourth-order valence-electron chi connectivity index (χ4n) is 6.73. The molecule has 2 aromatic rings. The van der Waals surface area contributed by atoms with E-state index in [0.717, 1.165) is 13.1 Å². The van der Waals surface area contributed by atoms with Crippen LogP contribution in [0, 0.1) is 0 Å². The Morgan fingerprint density at radius 3 is 1.62 bits per heavy atom. The van der Waals surface area contributed by atoms with E-state index in [1.54, 1.807) is 0 Å². The van der Waals surface area contributed by atoms with Crippen molar-refractivity contribution in [2.75, 3.05) is 37.8 Å². The van der Waals surface area contributed by atoms with Crippen molar-refractivity contribution in [2.45, 2.75) is 36.0 Å². The molecule has 6 rings (SSSR count). The summed E-state index contributed by atoms with van der Waals surface area (Å²) >= 11 is 0. The number of likely N-dealkylation sites (tertiary alicyclic amines) is 2. The van der Waals surface area contributed by atoms with Crippen molar-refractivity contribution in [3.63, 3.8) is 0 Å². The number of hydrogen-bond donors (Lipinski definition) is 2. The van der Waals surface area contributed by atoms with E-state index < -0.39 is 0 Å². The van der Waals surface area contributed by atoms with Gasteiger partial charge in [-0.15, -0.1) is 0 Å². The zero-order chi connectivity index (χ0) is 17.5. The first kappa shape index (κ1) is 15.1. The van der Waals surface area contributed by atoms with E-state index >= 15 is 0 Å². The van der Waals surface area contributed by atoms with E-state index in [2.05, 4.69) is 83.1 Å². The molecule has 134 valence electrons. The highest BCUT2D eigenvalue weighted by molar-refractivity contribution is 5.72. The molecule has 0 amide bonds. The van der Waals surface area contributed by atoms with E-state index in [1.807, 2.05) is 0 Å². The standard InChI is InChI=1S/C22H26N4/c1-25-13-11-22-16-8-4-5-9-17(16)23-19(25)21(22)12-14-26(2)20(22)24-18-10-6-3-7-15(18)21/h3-10,19-20,23-24H,11-14H2,1-2H3/t19-,20-,21-,22+/m0/s1. The van der Waals surface area contributed by atoms with E-state index in [4.69, 9.17) is 0 Å². The van der Waals surface area contributed by atoms with Crippen LogP contribution < -0.4 is 10.6 Å². The molecule has 4 aliphatic heterocycles. The maximum absolute atomic E-state index is 3.95. The fraction of sp³-hybridized carbons (Fsp3) is 0.455. The Morgan fingerprint density at radius 2 is 1.15 bits per heavy atom. The van der Waals surface area contributed by atoms with Crippen molar-refractivity contribution in [3.8, 4) is 0 Å². The number of fused-ring (bicyclic) bond motifs is 2. The van der Waals surface area contributed by atoms with Crippen LogP contribution in [0.1, 0.15) is 24.0 Å². The molecule has 4 aliphatic rings. The lowest BCUT2D eigenvalue weighted by molar-refractivity contribution is -0.0691. The molecule has 0 spiro atoms. The second-order valence-electron chi connectivity index (χ2n) is 8.59. The highest BCUT2D eigenvalue weighted by atomic mass is 15.4. The van der Waals surface area contributed by atoms with Crippen molar-refractivity contribution in [2.24, 2.45) is 0 Å². The average Bonchev–Trinajstić information content (AvgIpc) is 2.67. The van der Waals surface area contributed by atoms with Gasteiger partial charge < -0.3 is 10.6 Å². The third-order valence-corrected chi connectivity index (χ3v) is 7.73. The molecule has 0 unspecified atom stereocenters. The number of benzene rings is 2. The van der Waals surface area contributed by atoms with Crippen molar-refractivity contribution in [3.05, 3.63) is 59.7 Å². The summed E-state index contributed by atoms with van der Waals surface area (Å²) in [6.45, 7) is 2.25. The van der Waals surface area contributed by atoms with Crippen LogP contribution in [0.25, 0.3) is 0 Å². The molecular weight excluding hydrogens is 320 g/mol. The van der Waals surface area contributed by atoms with Gasteiger partial charge in [-0.3, -0.25) is 9.80 Å². The Labute approximate surface area is 155 Å². The number of likely N-dealkylation sites (N-methyl/N-ethyl adjacent to an activating group) is 2. The minimum Gasteiger partial charge on any atom is -0.369 e. The highest BCUT2D eigenvalue weighted by Gasteiger charge is 2.70. The number of nitrogens with one attached hydrogen (secondary N) is 2. The van der Waals surface area contributed by atoms with Gasteiger partial charge in [-0.05, 0) is 50.2 Å². The van der Waals surface area contributed by atoms with Crippen LogP contribution in [0.3, 0.4) is 0 Å². The molecule has 2 fully saturated rings. The lowest BCUT2D eigenvalue weighted by Gasteiger charge is -2.71. The minimum absolute atomic E-state index is 0.105. The van der Waals surface area contributed by atoms with Crippen LogP contribution in [-0.2, 0) is 10.8 Å². The zero-order valence-corrected chi connectivity index (χ0v) is 15.5. The predicted octanol–water partition coefficient (Wildman–Crippen LogP) is 3.04. The summed E-state index contributed by atoms with van der Waals surface area (Å²) < 4.78 is 0. The highest BCUT2D eigenvalue weighted by Crippen LogP contribution is 2.65. The molecule has 0 saturated carbocycles. The van der Waals surface area contributed by atoms with Gasteiger partial charge in [0.15, 0.2) is 0 Å². The van der Waals surface area contributed by atoms with Crippen molar-refractivity contribution in [1.29, 1.82) is 0 Å². The number of para-hydroxylation sites is 2. The lowest BCUT2D eigenvalue weighted by Crippen LogP contribution is -2.80. The first-order valence-electron chi connectivity index (χ1n) is 9.81. The first-order valence-corrected chi connectivity index (χ1v) is 9.81. The van der Waals surface area contributed by atoms with Crippen LogP contribution in [0.5, 0.6) is 0 Å². The number of anilines is 2. The summed E-state index contributed by atoms with van der Waals surface area (Å²) in [7, 11) is 4.59. The van der Waals surface area contributed by atoms with Gasteiger partial charge in [0.1, 0.15) is 0 Å². The topological polar surface area (TPSA) is 30.5 Å². The quantitative estimate of drug-likeness (QED) is 0.768. The normalized spacial score (nSPS) is 37.6. The third kappa shape index (κ3) is 1.47. The van der Waals surface area contributed by atoms with E-state index in [0.29, 0.717) is 12.3 Å². The van der Waals surface area contributed by atoms with Crippen molar-refractivity contribution in [1.82, 2.24) is 9.80 Å². The fourth-order valence-corrected chi connectivity index (χ4v) is 6.73. The Balaban J connectivity index is 1.75. The summed E-state index contributed by atoms with van der Waals surface area (Å²) in [5.74, 6) is 0. The third-order valence-electron chi connectivity index (χ3n) is 7.73. The zero-order valence-electron chi connectivity index (χ0n) is 15.5. The molecular formula is C22H26N4. The molecule has 4 bridgehead atoms. The second kappa shape index (κ2) is 4.81. The minimum atomic E-state index is 0.105. The van der Waals surface area contributed by atoms with Crippen LogP contribution >= 0.6 is 0 Å². The molecule has 0 aliphatic carbocycles.